The zero-order valence-electron chi connectivity index (χ0n) is 21.6. The lowest BCUT2D eigenvalue weighted by Gasteiger charge is -2.18. The molecule has 0 amide bonds. The van der Waals surface area contributed by atoms with Crippen molar-refractivity contribution in [3.8, 4) is 5.75 Å². The van der Waals surface area contributed by atoms with Crippen LogP contribution in [0.15, 0.2) is 18.2 Å². The van der Waals surface area contributed by atoms with Crippen molar-refractivity contribution in [2.24, 2.45) is 5.92 Å². The number of carbonyl (C=O) groups excluding carboxylic acids is 1. The Morgan fingerprint density at radius 2 is 1.68 bits per heavy atom. The fourth-order valence-electron chi connectivity index (χ4n) is 3.18. The Morgan fingerprint density at radius 1 is 1.00 bits per heavy atom. The topological polar surface area (TPSA) is 55.8 Å². The number of carbonyl (C=O) groups is 1. The average molecular weight is 538 g/mol. The fraction of sp³-hybridized carbons (Fsp3) is 0.741. The molecular formula is C27H46Cl2O4S. The highest BCUT2D eigenvalue weighted by Gasteiger charge is 2.19. The van der Waals surface area contributed by atoms with E-state index in [1.165, 1.54) is 44.3 Å². The first-order valence-electron chi connectivity index (χ1n) is 12.9. The van der Waals surface area contributed by atoms with Crippen LogP contribution in [0.25, 0.3) is 0 Å². The molecule has 2 atom stereocenters. The van der Waals surface area contributed by atoms with Crippen LogP contribution in [0.3, 0.4) is 0 Å². The molecule has 7 heteroatoms. The molecule has 4 nitrogen and oxygen atoms in total. The van der Waals surface area contributed by atoms with Gasteiger partial charge in [-0.1, -0.05) is 95.3 Å². The summed E-state index contributed by atoms with van der Waals surface area (Å²) in [5, 5.41) is 9.42. The highest BCUT2D eigenvalue weighted by Crippen LogP contribution is 2.28. The van der Waals surface area contributed by atoms with E-state index in [2.05, 4.69) is 20.8 Å². The minimum absolute atomic E-state index is 0.334. The zero-order chi connectivity index (χ0) is 25.6. The van der Waals surface area contributed by atoms with E-state index in [0.29, 0.717) is 34.9 Å². The van der Waals surface area contributed by atoms with Crippen LogP contribution in [-0.4, -0.2) is 41.9 Å². The SMILES string of the molecule is CCCCC(CC)COC(=O)[C@@H](C)Oc1ccc(Cl)cc1Cl.CCCCCCCCSCCO. The largest absolute Gasteiger partial charge is 0.477 e. The summed E-state index contributed by atoms with van der Waals surface area (Å²) < 4.78 is 10.9. The van der Waals surface area contributed by atoms with E-state index < -0.39 is 6.10 Å². The highest BCUT2D eigenvalue weighted by atomic mass is 35.5. The van der Waals surface area contributed by atoms with E-state index in [9.17, 15) is 4.79 Å². The summed E-state index contributed by atoms with van der Waals surface area (Å²) in [6, 6.07) is 4.89. The summed E-state index contributed by atoms with van der Waals surface area (Å²) in [5.41, 5.74) is 0. The summed E-state index contributed by atoms with van der Waals surface area (Å²) in [5.74, 6) is 2.60. The predicted molar refractivity (Wildman–Crippen MR) is 149 cm³/mol. The molecule has 0 radical (unpaired) electrons. The molecule has 1 aromatic rings. The minimum Gasteiger partial charge on any atom is -0.477 e. The Morgan fingerprint density at radius 3 is 2.29 bits per heavy atom. The van der Waals surface area contributed by atoms with E-state index in [-0.39, 0.29) is 5.97 Å². The Kier molecular flexibility index (Phi) is 22.4. The van der Waals surface area contributed by atoms with Crippen LogP contribution < -0.4 is 4.74 Å². The molecule has 198 valence electrons. The van der Waals surface area contributed by atoms with Gasteiger partial charge in [0.2, 0.25) is 0 Å². The second-order valence-corrected chi connectivity index (χ2v) is 10.6. The number of ether oxygens (including phenoxy) is 2. The number of thioether (sulfide) groups is 1. The third-order valence-corrected chi connectivity index (χ3v) is 6.99. The van der Waals surface area contributed by atoms with Gasteiger partial charge in [-0.3, -0.25) is 0 Å². The van der Waals surface area contributed by atoms with Gasteiger partial charge in [0, 0.05) is 10.8 Å². The van der Waals surface area contributed by atoms with Gasteiger partial charge in [-0.15, -0.1) is 0 Å². The maximum Gasteiger partial charge on any atom is 0.347 e. The Bertz CT molecular complexity index is 621. The van der Waals surface area contributed by atoms with Crippen molar-refractivity contribution in [3.63, 3.8) is 0 Å². The number of rotatable bonds is 18. The molecular weight excluding hydrogens is 491 g/mol. The van der Waals surface area contributed by atoms with E-state index in [1.807, 2.05) is 11.8 Å². The fourth-order valence-corrected chi connectivity index (χ4v) is 4.37. The summed E-state index contributed by atoms with van der Waals surface area (Å²) in [6.07, 6.45) is 11.9. The molecule has 0 bridgehead atoms. The van der Waals surface area contributed by atoms with Gasteiger partial charge in [0.15, 0.2) is 6.10 Å². The van der Waals surface area contributed by atoms with Crippen LogP contribution in [0.4, 0.5) is 0 Å². The molecule has 0 fully saturated rings. The second-order valence-electron chi connectivity index (χ2n) is 8.49. The Labute approximate surface area is 222 Å². The number of hydrogen-bond donors (Lipinski definition) is 1. The van der Waals surface area contributed by atoms with Crippen LogP contribution in [0.5, 0.6) is 5.75 Å². The van der Waals surface area contributed by atoms with Gasteiger partial charge in [-0.05, 0) is 49.6 Å². The lowest BCUT2D eigenvalue weighted by Crippen LogP contribution is -2.28. The van der Waals surface area contributed by atoms with Crippen molar-refractivity contribution < 1.29 is 19.4 Å². The maximum atomic E-state index is 12.0. The number of aliphatic hydroxyl groups excluding tert-OH is 1. The molecule has 0 aromatic heterocycles. The Hall–Kier alpha value is -0.620. The van der Waals surface area contributed by atoms with Gasteiger partial charge >= 0.3 is 5.97 Å². The minimum atomic E-state index is -0.706. The van der Waals surface area contributed by atoms with Gasteiger partial charge in [-0.25, -0.2) is 4.79 Å². The van der Waals surface area contributed by atoms with Crippen LogP contribution >= 0.6 is 35.0 Å². The molecule has 0 heterocycles. The van der Waals surface area contributed by atoms with Crippen molar-refractivity contribution in [2.45, 2.75) is 98.0 Å². The third kappa shape index (κ3) is 17.8. The average Bonchev–Trinajstić information content (AvgIpc) is 2.83. The van der Waals surface area contributed by atoms with Crippen LogP contribution in [0.1, 0.15) is 91.9 Å². The lowest BCUT2D eigenvalue weighted by molar-refractivity contribution is -0.152. The smallest absolute Gasteiger partial charge is 0.347 e. The molecule has 0 aliphatic heterocycles. The first-order chi connectivity index (χ1) is 16.4. The summed E-state index contributed by atoms with van der Waals surface area (Å²) in [6.45, 7) is 8.95. The summed E-state index contributed by atoms with van der Waals surface area (Å²) >= 11 is 13.7. The number of benzene rings is 1. The van der Waals surface area contributed by atoms with Crippen molar-refractivity contribution in [1.82, 2.24) is 0 Å². The predicted octanol–water partition coefficient (Wildman–Crippen LogP) is 8.59. The molecule has 1 unspecified atom stereocenters. The van der Waals surface area contributed by atoms with Crippen LogP contribution in [0.2, 0.25) is 10.0 Å². The second kappa shape index (κ2) is 22.8. The third-order valence-electron chi connectivity index (χ3n) is 5.41. The van der Waals surface area contributed by atoms with E-state index in [1.54, 1.807) is 25.1 Å². The highest BCUT2D eigenvalue weighted by molar-refractivity contribution is 7.99. The standard InChI is InChI=1S/C17H24Cl2O3.C10H22OS/c1-4-6-7-13(5-2)11-21-17(20)12(3)22-16-9-8-14(18)10-15(16)19;1-2-3-4-5-6-7-9-12-10-8-11/h8-10,12-13H,4-7,11H2,1-3H3;11H,2-10H2,1H3/t12-,13?;/m1./s1. The molecule has 1 aromatic carbocycles. The van der Waals surface area contributed by atoms with E-state index >= 15 is 0 Å². The molecule has 0 spiro atoms. The van der Waals surface area contributed by atoms with Gasteiger partial charge in [0.25, 0.3) is 0 Å². The first-order valence-corrected chi connectivity index (χ1v) is 14.8. The molecule has 1 rings (SSSR count). The van der Waals surface area contributed by atoms with Gasteiger partial charge in [0.1, 0.15) is 5.75 Å². The molecule has 34 heavy (non-hydrogen) atoms. The van der Waals surface area contributed by atoms with E-state index in [0.717, 1.165) is 31.4 Å². The number of aliphatic hydroxyl groups is 1. The van der Waals surface area contributed by atoms with Crippen molar-refractivity contribution in [1.29, 1.82) is 0 Å². The molecule has 0 saturated heterocycles. The normalized spacial score (nSPS) is 12.4. The molecule has 0 saturated carbocycles. The first kappa shape index (κ1) is 33.4. The quantitative estimate of drug-likeness (QED) is 0.150. The molecule has 0 aliphatic rings. The van der Waals surface area contributed by atoms with Crippen molar-refractivity contribution in [3.05, 3.63) is 28.2 Å². The number of hydrogen-bond acceptors (Lipinski definition) is 5. The summed E-state index contributed by atoms with van der Waals surface area (Å²) in [7, 11) is 0. The number of unbranched alkanes of at least 4 members (excludes halogenated alkanes) is 6. The van der Waals surface area contributed by atoms with E-state index in [4.69, 9.17) is 37.8 Å². The van der Waals surface area contributed by atoms with Gasteiger partial charge < -0.3 is 14.6 Å². The Balaban J connectivity index is 0.000000770. The number of esters is 1. The van der Waals surface area contributed by atoms with Gasteiger partial charge in [0.05, 0.1) is 18.2 Å². The maximum absolute atomic E-state index is 12.0. The van der Waals surface area contributed by atoms with Gasteiger partial charge in [-0.2, -0.15) is 11.8 Å². The zero-order valence-corrected chi connectivity index (χ0v) is 24.0. The number of halogens is 2. The van der Waals surface area contributed by atoms with Crippen molar-refractivity contribution >= 4 is 40.9 Å². The monoisotopic (exact) mass is 536 g/mol. The van der Waals surface area contributed by atoms with Crippen LogP contribution in [0, 0.1) is 5.92 Å². The molecule has 1 N–H and O–H groups in total. The van der Waals surface area contributed by atoms with Crippen LogP contribution in [-0.2, 0) is 9.53 Å². The lowest BCUT2D eigenvalue weighted by atomic mass is 10.0. The van der Waals surface area contributed by atoms with Crippen molar-refractivity contribution in [2.75, 3.05) is 24.7 Å². The summed E-state index contributed by atoms with van der Waals surface area (Å²) in [4.78, 5) is 12.0. The molecule has 0 aliphatic carbocycles.